The van der Waals surface area contributed by atoms with Gasteiger partial charge in [0.2, 0.25) is 0 Å². The molecule has 1 heterocycles. The highest BCUT2D eigenvalue weighted by Gasteiger charge is 2.24. The molecule has 0 amide bonds. The molecule has 0 saturated carbocycles. The van der Waals surface area contributed by atoms with E-state index in [9.17, 15) is 4.79 Å². The summed E-state index contributed by atoms with van der Waals surface area (Å²) in [6.07, 6.45) is 1.10. The van der Waals surface area contributed by atoms with Gasteiger partial charge in [-0.1, -0.05) is 13.8 Å². The van der Waals surface area contributed by atoms with Crippen LogP contribution in [0.25, 0.3) is 0 Å². The van der Waals surface area contributed by atoms with E-state index < -0.39 is 5.97 Å². The SMILES string of the molecule is CC1(C)CCN(c2ccc(C(=O)O)cc2N)CCS1. The summed E-state index contributed by atoms with van der Waals surface area (Å²) in [5.41, 5.74) is 7.73. The molecule has 0 unspecified atom stereocenters. The minimum atomic E-state index is -0.939. The van der Waals surface area contributed by atoms with Crippen LogP contribution in [-0.4, -0.2) is 34.7 Å². The molecule has 1 aliphatic heterocycles. The maximum absolute atomic E-state index is 10.9. The summed E-state index contributed by atoms with van der Waals surface area (Å²) in [5, 5.41) is 8.95. The Labute approximate surface area is 118 Å². The number of aromatic carboxylic acids is 1. The molecule has 2 rings (SSSR count). The summed E-state index contributed by atoms with van der Waals surface area (Å²) in [7, 11) is 0. The molecule has 1 aromatic carbocycles. The van der Waals surface area contributed by atoms with Gasteiger partial charge >= 0.3 is 5.97 Å². The van der Waals surface area contributed by atoms with Crippen LogP contribution < -0.4 is 10.6 Å². The molecule has 0 aromatic heterocycles. The van der Waals surface area contributed by atoms with Gasteiger partial charge in [0.05, 0.1) is 16.9 Å². The first-order chi connectivity index (χ1) is 8.89. The highest BCUT2D eigenvalue weighted by atomic mass is 32.2. The largest absolute Gasteiger partial charge is 0.478 e. The molecule has 1 saturated heterocycles. The van der Waals surface area contributed by atoms with Gasteiger partial charge in [-0.15, -0.1) is 0 Å². The van der Waals surface area contributed by atoms with Crippen LogP contribution in [-0.2, 0) is 0 Å². The second kappa shape index (κ2) is 5.33. The average Bonchev–Trinajstić information content (AvgIpc) is 2.50. The van der Waals surface area contributed by atoms with Crippen LogP contribution in [0.4, 0.5) is 11.4 Å². The molecule has 0 atom stereocenters. The Morgan fingerprint density at radius 1 is 1.42 bits per heavy atom. The molecule has 4 nitrogen and oxygen atoms in total. The van der Waals surface area contributed by atoms with Gasteiger partial charge in [-0.25, -0.2) is 4.79 Å². The molecule has 104 valence electrons. The quantitative estimate of drug-likeness (QED) is 0.815. The van der Waals surface area contributed by atoms with E-state index in [2.05, 4.69) is 18.7 Å². The summed E-state index contributed by atoms with van der Waals surface area (Å²) >= 11 is 1.98. The van der Waals surface area contributed by atoms with Crippen LogP contribution in [0, 0.1) is 0 Å². The van der Waals surface area contributed by atoms with Crippen molar-refractivity contribution in [1.29, 1.82) is 0 Å². The van der Waals surface area contributed by atoms with Crippen molar-refractivity contribution in [1.82, 2.24) is 0 Å². The Kier molecular flexibility index (Phi) is 3.94. The predicted molar refractivity (Wildman–Crippen MR) is 81.2 cm³/mol. The molecule has 1 aromatic rings. The van der Waals surface area contributed by atoms with Crippen molar-refractivity contribution in [2.45, 2.75) is 25.0 Å². The summed E-state index contributed by atoms with van der Waals surface area (Å²) in [6, 6.07) is 4.99. The predicted octanol–water partition coefficient (Wildman–Crippen LogP) is 2.69. The number of benzene rings is 1. The van der Waals surface area contributed by atoms with E-state index in [-0.39, 0.29) is 5.56 Å². The highest BCUT2D eigenvalue weighted by Crippen LogP contribution is 2.34. The Morgan fingerprint density at radius 2 is 2.16 bits per heavy atom. The van der Waals surface area contributed by atoms with Gasteiger partial charge in [0, 0.05) is 23.6 Å². The van der Waals surface area contributed by atoms with Gasteiger partial charge in [-0.3, -0.25) is 0 Å². The third kappa shape index (κ3) is 3.35. The zero-order chi connectivity index (χ0) is 14.0. The van der Waals surface area contributed by atoms with Gasteiger partial charge in [-0.2, -0.15) is 11.8 Å². The average molecular weight is 280 g/mol. The van der Waals surface area contributed by atoms with Gasteiger partial charge in [0.25, 0.3) is 0 Å². The number of hydrogen-bond donors (Lipinski definition) is 2. The van der Waals surface area contributed by atoms with Crippen LogP contribution >= 0.6 is 11.8 Å². The van der Waals surface area contributed by atoms with Crippen LogP contribution in [0.5, 0.6) is 0 Å². The first kappa shape index (κ1) is 14.1. The van der Waals surface area contributed by atoms with E-state index in [1.54, 1.807) is 12.1 Å². The maximum Gasteiger partial charge on any atom is 0.335 e. The molecule has 19 heavy (non-hydrogen) atoms. The Hall–Kier alpha value is -1.36. The van der Waals surface area contributed by atoms with E-state index >= 15 is 0 Å². The van der Waals surface area contributed by atoms with Crippen molar-refractivity contribution < 1.29 is 9.90 Å². The van der Waals surface area contributed by atoms with Crippen LogP contribution in [0.1, 0.15) is 30.6 Å². The molecule has 1 fully saturated rings. The molecular formula is C14H20N2O2S. The number of anilines is 2. The Bertz CT molecular complexity index is 488. The number of nitrogen functional groups attached to an aromatic ring is 1. The molecule has 3 N–H and O–H groups in total. The van der Waals surface area contributed by atoms with Crippen molar-refractivity contribution in [3.8, 4) is 0 Å². The van der Waals surface area contributed by atoms with Crippen molar-refractivity contribution in [2.24, 2.45) is 0 Å². The fraction of sp³-hybridized carbons (Fsp3) is 0.500. The molecule has 1 aliphatic rings. The van der Waals surface area contributed by atoms with E-state index in [0.717, 1.165) is 31.0 Å². The van der Waals surface area contributed by atoms with Gasteiger partial charge in [-0.05, 0) is 24.6 Å². The van der Waals surface area contributed by atoms with Crippen molar-refractivity contribution in [2.75, 3.05) is 29.5 Å². The number of thioether (sulfide) groups is 1. The smallest absolute Gasteiger partial charge is 0.335 e. The molecule has 0 spiro atoms. The third-order valence-corrected chi connectivity index (χ3v) is 4.83. The number of nitrogens with zero attached hydrogens (tertiary/aromatic N) is 1. The number of carboxylic acids is 1. The van der Waals surface area contributed by atoms with E-state index in [4.69, 9.17) is 10.8 Å². The van der Waals surface area contributed by atoms with Crippen LogP contribution in [0.2, 0.25) is 0 Å². The second-order valence-electron chi connectivity index (χ2n) is 5.42. The van der Waals surface area contributed by atoms with E-state index in [1.807, 2.05) is 17.8 Å². The van der Waals surface area contributed by atoms with Crippen LogP contribution in [0.3, 0.4) is 0 Å². The molecule has 0 radical (unpaired) electrons. The number of hydrogen-bond acceptors (Lipinski definition) is 4. The number of rotatable bonds is 2. The number of carbonyl (C=O) groups is 1. The lowest BCUT2D eigenvalue weighted by Crippen LogP contribution is -2.27. The summed E-state index contributed by atoms with van der Waals surface area (Å²) in [6.45, 7) is 6.43. The minimum absolute atomic E-state index is 0.241. The zero-order valence-corrected chi connectivity index (χ0v) is 12.2. The third-order valence-electron chi connectivity index (χ3n) is 3.45. The molecule has 0 aliphatic carbocycles. The minimum Gasteiger partial charge on any atom is -0.478 e. The first-order valence-corrected chi connectivity index (χ1v) is 7.39. The van der Waals surface area contributed by atoms with Crippen LogP contribution in [0.15, 0.2) is 18.2 Å². The second-order valence-corrected chi connectivity index (χ2v) is 7.23. The Balaban J connectivity index is 2.20. The summed E-state index contributed by atoms with van der Waals surface area (Å²) in [5.74, 6) is 0.124. The number of carboxylic acid groups (broad SMARTS) is 1. The fourth-order valence-corrected chi connectivity index (χ4v) is 3.34. The number of nitrogens with two attached hydrogens (primary N) is 1. The first-order valence-electron chi connectivity index (χ1n) is 6.41. The molecular weight excluding hydrogens is 260 g/mol. The lowest BCUT2D eigenvalue weighted by molar-refractivity contribution is 0.0697. The van der Waals surface area contributed by atoms with Crippen molar-refractivity contribution in [3.05, 3.63) is 23.8 Å². The van der Waals surface area contributed by atoms with E-state index in [1.165, 1.54) is 0 Å². The Morgan fingerprint density at radius 3 is 2.79 bits per heavy atom. The topological polar surface area (TPSA) is 66.6 Å². The van der Waals surface area contributed by atoms with Crippen molar-refractivity contribution in [3.63, 3.8) is 0 Å². The standard InChI is InChI=1S/C14H20N2O2S/c1-14(2)5-6-16(7-8-19-14)12-4-3-10(13(17)18)9-11(12)15/h3-4,9H,5-8,15H2,1-2H3,(H,17,18). The summed E-state index contributed by atoms with van der Waals surface area (Å²) < 4.78 is 0.296. The fourth-order valence-electron chi connectivity index (χ4n) is 2.24. The lowest BCUT2D eigenvalue weighted by Gasteiger charge is -2.25. The normalized spacial score (nSPS) is 18.9. The van der Waals surface area contributed by atoms with Crippen molar-refractivity contribution >= 4 is 29.1 Å². The molecule has 0 bridgehead atoms. The maximum atomic E-state index is 10.9. The highest BCUT2D eigenvalue weighted by molar-refractivity contribution is 8.00. The van der Waals surface area contributed by atoms with Gasteiger partial charge < -0.3 is 15.7 Å². The van der Waals surface area contributed by atoms with E-state index in [0.29, 0.717) is 10.4 Å². The summed E-state index contributed by atoms with van der Waals surface area (Å²) in [4.78, 5) is 13.2. The monoisotopic (exact) mass is 280 g/mol. The molecule has 5 heteroatoms. The zero-order valence-electron chi connectivity index (χ0n) is 11.3. The van der Waals surface area contributed by atoms with Gasteiger partial charge in [0.15, 0.2) is 0 Å². The lowest BCUT2D eigenvalue weighted by atomic mass is 10.1. The van der Waals surface area contributed by atoms with Gasteiger partial charge in [0.1, 0.15) is 0 Å².